The van der Waals surface area contributed by atoms with E-state index in [1.54, 1.807) is 0 Å². The number of ketones is 1. The predicted molar refractivity (Wildman–Crippen MR) is 186 cm³/mol. The molecule has 0 spiro atoms. The molecule has 4 heterocycles. The lowest BCUT2D eigenvalue weighted by molar-refractivity contribution is -0.139. The van der Waals surface area contributed by atoms with Crippen LogP contribution in [-0.2, 0) is 35.5 Å². The lowest BCUT2D eigenvalue weighted by atomic mass is 9.95. The van der Waals surface area contributed by atoms with Crippen molar-refractivity contribution in [3.05, 3.63) is 93.2 Å². The molecule has 2 aliphatic rings. The van der Waals surface area contributed by atoms with E-state index in [0.29, 0.717) is 42.8 Å². The number of aliphatic carboxylic acids is 1. The molecule has 2 aliphatic heterocycles. The number of nitrogens with zero attached hydrogens (tertiary/aromatic N) is 4. The van der Waals surface area contributed by atoms with E-state index in [0.717, 1.165) is 69.7 Å². The van der Waals surface area contributed by atoms with Gasteiger partial charge >= 0.3 is 5.97 Å². The maximum atomic E-state index is 11.4. The van der Waals surface area contributed by atoms with Crippen LogP contribution in [0.3, 0.4) is 0 Å². The minimum absolute atomic E-state index is 0.0167. The van der Waals surface area contributed by atoms with Crippen LogP contribution in [0.2, 0.25) is 10.0 Å². The molecule has 0 saturated heterocycles. The number of carboxylic acids is 1. The van der Waals surface area contributed by atoms with Crippen molar-refractivity contribution in [3.8, 4) is 33.6 Å². The third kappa shape index (κ3) is 7.78. The van der Waals surface area contributed by atoms with Gasteiger partial charge in [-0.25, -0.2) is 0 Å². The molecule has 9 nitrogen and oxygen atoms in total. The Kier molecular flexibility index (Phi) is 10.6. The summed E-state index contributed by atoms with van der Waals surface area (Å²) in [5.41, 5.74) is 9.21. The second-order valence-electron chi connectivity index (χ2n) is 12.8. The number of β-amino-alcohol motifs (C(OH)–C–C–N with tert-alkyl or cyclic N) is 2. The van der Waals surface area contributed by atoms with Crippen molar-refractivity contribution >= 4 is 35.0 Å². The number of hydrogen-bond donors (Lipinski definition) is 3. The summed E-state index contributed by atoms with van der Waals surface area (Å²) in [6, 6.07) is 15.9. The fourth-order valence-electron chi connectivity index (χ4n) is 6.74. The van der Waals surface area contributed by atoms with Gasteiger partial charge in [0, 0.05) is 80.3 Å². The van der Waals surface area contributed by atoms with Crippen molar-refractivity contribution in [2.75, 3.05) is 26.2 Å². The molecular weight excluding hydrogens is 651 g/mol. The van der Waals surface area contributed by atoms with Gasteiger partial charge in [0.05, 0.1) is 40.1 Å². The standard InChI is InChI=1S/C37H38Cl2N4O5/c1-22(44)12-27(45)20-42-10-8-23-13-33(40-16-25(23)18-42)31-6-2-4-29(36(31)38)30-5-3-7-32(37(30)39)34-14-24-9-11-43(19-26(24)17-41-34)21-28(46)15-35(47)48/h2-7,13-14,16-17,27-28,45-46H,8-12,15,18-21H2,1H3,(H,47,48). The van der Waals surface area contributed by atoms with Crippen LogP contribution in [0.4, 0.5) is 0 Å². The number of rotatable bonds is 11. The van der Waals surface area contributed by atoms with Gasteiger partial charge in [-0.3, -0.25) is 29.4 Å². The molecular formula is C37H38Cl2N4O5. The number of aromatic nitrogens is 2. The number of aliphatic hydroxyl groups excluding tert-OH is 2. The molecule has 6 rings (SSSR count). The highest BCUT2D eigenvalue weighted by atomic mass is 35.5. The normalized spacial score (nSPS) is 16.2. The van der Waals surface area contributed by atoms with Gasteiger partial charge in [0.2, 0.25) is 0 Å². The number of carboxylic acid groups (broad SMARTS) is 1. The largest absolute Gasteiger partial charge is 0.481 e. The van der Waals surface area contributed by atoms with Gasteiger partial charge in [0.25, 0.3) is 0 Å². The molecule has 11 heteroatoms. The molecule has 2 aromatic heterocycles. The molecule has 2 atom stereocenters. The second kappa shape index (κ2) is 14.8. The first kappa shape index (κ1) is 34.2. The third-order valence-electron chi connectivity index (χ3n) is 9.06. The van der Waals surface area contributed by atoms with E-state index in [2.05, 4.69) is 21.9 Å². The van der Waals surface area contributed by atoms with E-state index in [4.69, 9.17) is 38.3 Å². The van der Waals surface area contributed by atoms with Crippen LogP contribution < -0.4 is 0 Å². The zero-order chi connectivity index (χ0) is 33.9. The van der Waals surface area contributed by atoms with Crippen molar-refractivity contribution in [3.63, 3.8) is 0 Å². The van der Waals surface area contributed by atoms with Crippen LogP contribution in [0.5, 0.6) is 0 Å². The highest BCUT2D eigenvalue weighted by molar-refractivity contribution is 6.39. The first-order valence-corrected chi connectivity index (χ1v) is 16.9. The van der Waals surface area contributed by atoms with E-state index in [1.165, 1.54) is 12.5 Å². The molecule has 250 valence electrons. The Morgan fingerprint density at radius 3 is 1.60 bits per heavy atom. The summed E-state index contributed by atoms with van der Waals surface area (Å²) < 4.78 is 0. The maximum Gasteiger partial charge on any atom is 0.306 e. The van der Waals surface area contributed by atoms with E-state index in [1.807, 2.05) is 48.8 Å². The lowest BCUT2D eigenvalue weighted by Crippen LogP contribution is -2.37. The summed E-state index contributed by atoms with van der Waals surface area (Å²) in [7, 11) is 0. The fraction of sp³-hybridized carbons (Fsp3) is 0.351. The SMILES string of the molecule is CC(=O)CC(O)CN1CCc2cc(-c3cccc(-c4cccc(-c5cc6c(cn5)CN(CC(O)CC(=O)O)CC6)c4Cl)c3Cl)ncc2C1. The van der Waals surface area contributed by atoms with Crippen LogP contribution in [0.15, 0.2) is 60.9 Å². The summed E-state index contributed by atoms with van der Waals surface area (Å²) in [4.78, 5) is 36.0. The summed E-state index contributed by atoms with van der Waals surface area (Å²) in [5.74, 6) is -1.03. The van der Waals surface area contributed by atoms with Crippen molar-refractivity contribution in [2.45, 2.75) is 57.9 Å². The molecule has 0 aliphatic carbocycles. The average molecular weight is 690 g/mol. The number of halogens is 2. The van der Waals surface area contributed by atoms with E-state index in [9.17, 15) is 19.8 Å². The van der Waals surface area contributed by atoms with Gasteiger partial charge in [0.15, 0.2) is 0 Å². The Labute approximate surface area is 289 Å². The number of Topliss-reactive ketones (excluding diaryl/α,β-unsaturated/α-hetero) is 1. The van der Waals surface area contributed by atoms with Crippen LogP contribution in [0.25, 0.3) is 33.6 Å². The first-order valence-electron chi connectivity index (χ1n) is 16.1. The second-order valence-corrected chi connectivity index (χ2v) is 13.5. The van der Waals surface area contributed by atoms with Crippen molar-refractivity contribution < 1.29 is 24.9 Å². The van der Waals surface area contributed by atoms with Gasteiger partial charge in [-0.15, -0.1) is 0 Å². The number of aliphatic hydroxyl groups is 2. The van der Waals surface area contributed by atoms with Gasteiger partial charge in [0.1, 0.15) is 5.78 Å². The lowest BCUT2D eigenvalue weighted by Gasteiger charge is -2.30. The average Bonchev–Trinajstić information content (AvgIpc) is 3.04. The summed E-state index contributed by atoms with van der Waals surface area (Å²) >= 11 is 14.2. The third-order valence-corrected chi connectivity index (χ3v) is 9.87. The van der Waals surface area contributed by atoms with Crippen LogP contribution in [0.1, 0.15) is 42.0 Å². The van der Waals surface area contributed by atoms with E-state index in [-0.39, 0.29) is 18.6 Å². The molecule has 48 heavy (non-hydrogen) atoms. The Hall–Kier alpha value is -3.70. The molecule has 2 unspecified atom stereocenters. The number of fused-ring (bicyclic) bond motifs is 2. The molecule has 0 amide bonds. The van der Waals surface area contributed by atoms with E-state index >= 15 is 0 Å². The smallest absolute Gasteiger partial charge is 0.306 e. The van der Waals surface area contributed by atoms with Crippen molar-refractivity contribution in [1.29, 1.82) is 0 Å². The van der Waals surface area contributed by atoms with Crippen molar-refractivity contribution in [1.82, 2.24) is 19.8 Å². The van der Waals surface area contributed by atoms with Crippen LogP contribution >= 0.6 is 23.2 Å². The number of carbonyl (C=O) groups is 2. The zero-order valence-corrected chi connectivity index (χ0v) is 28.2. The Bertz CT molecular complexity index is 1720. The number of hydrogen-bond acceptors (Lipinski definition) is 8. The molecule has 0 radical (unpaired) electrons. The first-order chi connectivity index (χ1) is 23.0. The Morgan fingerprint density at radius 1 is 0.729 bits per heavy atom. The molecule has 4 aromatic rings. The summed E-state index contributed by atoms with van der Waals surface area (Å²) in [5, 5.41) is 30.4. The molecule has 0 bridgehead atoms. The number of carbonyl (C=O) groups excluding carboxylic acids is 1. The topological polar surface area (TPSA) is 127 Å². The molecule has 0 saturated carbocycles. The summed E-state index contributed by atoms with van der Waals surface area (Å²) in [6.45, 7) is 5.00. The summed E-state index contributed by atoms with van der Waals surface area (Å²) in [6.07, 6.45) is 3.58. The van der Waals surface area contributed by atoms with E-state index < -0.39 is 18.2 Å². The van der Waals surface area contributed by atoms with Crippen molar-refractivity contribution in [2.24, 2.45) is 0 Å². The monoisotopic (exact) mass is 688 g/mol. The van der Waals surface area contributed by atoms with Gasteiger partial charge in [-0.05, 0) is 54.2 Å². The highest BCUT2D eigenvalue weighted by Crippen LogP contribution is 2.42. The van der Waals surface area contributed by atoms with Crippen LogP contribution in [0, 0.1) is 0 Å². The quantitative estimate of drug-likeness (QED) is 0.183. The minimum Gasteiger partial charge on any atom is -0.481 e. The van der Waals surface area contributed by atoms with Gasteiger partial charge < -0.3 is 15.3 Å². The maximum absolute atomic E-state index is 11.4. The predicted octanol–water partition coefficient (Wildman–Crippen LogP) is 5.68. The highest BCUT2D eigenvalue weighted by Gasteiger charge is 2.24. The minimum atomic E-state index is -1.01. The fourth-order valence-corrected chi connectivity index (χ4v) is 7.39. The number of pyridine rings is 2. The Morgan fingerprint density at radius 2 is 1.17 bits per heavy atom. The van der Waals surface area contributed by atoms with Crippen LogP contribution in [-0.4, -0.2) is 85.2 Å². The van der Waals surface area contributed by atoms with Gasteiger partial charge in [-0.2, -0.15) is 0 Å². The molecule has 0 fully saturated rings. The number of benzene rings is 2. The zero-order valence-electron chi connectivity index (χ0n) is 26.7. The molecule has 2 aromatic carbocycles. The Balaban J connectivity index is 1.21. The van der Waals surface area contributed by atoms with Gasteiger partial charge in [-0.1, -0.05) is 59.6 Å². The molecule has 3 N–H and O–H groups in total.